The van der Waals surface area contributed by atoms with Crippen LogP contribution in [0.5, 0.6) is 0 Å². The minimum Gasteiger partial charge on any atom is -0.345 e. The van der Waals surface area contributed by atoms with Crippen molar-refractivity contribution in [1.82, 2.24) is 20.1 Å². The summed E-state index contributed by atoms with van der Waals surface area (Å²) in [6, 6.07) is 7.35. The van der Waals surface area contributed by atoms with Crippen LogP contribution in [-0.2, 0) is 19.5 Å². The Morgan fingerprint density at radius 1 is 1.29 bits per heavy atom. The summed E-state index contributed by atoms with van der Waals surface area (Å²) >= 11 is 3.37. The molecule has 2 heterocycles. The van der Waals surface area contributed by atoms with Gasteiger partial charge in [-0.25, -0.2) is 0 Å². The molecule has 0 spiro atoms. The molecular weight excluding hydrogens is 332 g/mol. The van der Waals surface area contributed by atoms with Gasteiger partial charge in [0.1, 0.15) is 5.82 Å². The molecule has 0 saturated heterocycles. The molecule has 3 rings (SSSR count). The fraction of sp³-hybridized carbons (Fsp3) is 0.400. The van der Waals surface area contributed by atoms with Gasteiger partial charge in [0.15, 0.2) is 5.82 Å². The number of fused-ring (bicyclic) bond motifs is 1. The lowest BCUT2D eigenvalue weighted by Gasteiger charge is -2.08. The molecule has 0 fully saturated rings. The van der Waals surface area contributed by atoms with Crippen molar-refractivity contribution in [2.45, 2.75) is 38.8 Å². The first kappa shape index (κ1) is 14.3. The van der Waals surface area contributed by atoms with Crippen LogP contribution in [0.3, 0.4) is 0 Å². The number of amides is 1. The molecule has 1 aliphatic heterocycles. The molecular formula is C15H17BrN4O. The smallest absolute Gasteiger partial charge is 0.251 e. The Kier molecular flexibility index (Phi) is 4.34. The number of aromatic nitrogens is 3. The number of hydrogen-bond acceptors (Lipinski definition) is 3. The summed E-state index contributed by atoms with van der Waals surface area (Å²) in [5.41, 5.74) is 0.639. The molecule has 0 saturated carbocycles. The van der Waals surface area contributed by atoms with Gasteiger partial charge in [-0.05, 0) is 31.0 Å². The fourth-order valence-corrected chi connectivity index (χ4v) is 2.97. The lowest BCUT2D eigenvalue weighted by atomic mass is 10.2. The van der Waals surface area contributed by atoms with E-state index in [0.29, 0.717) is 12.1 Å². The van der Waals surface area contributed by atoms with E-state index in [2.05, 4.69) is 36.0 Å². The number of hydrogen-bond donors (Lipinski definition) is 1. The van der Waals surface area contributed by atoms with E-state index in [1.165, 1.54) is 12.8 Å². The summed E-state index contributed by atoms with van der Waals surface area (Å²) in [7, 11) is 0. The molecule has 110 valence electrons. The van der Waals surface area contributed by atoms with E-state index in [-0.39, 0.29) is 5.91 Å². The standard InChI is InChI=1S/C15H17BrN4O/c16-12-6-4-5-11(9-12)15(21)17-10-14-19-18-13-7-2-1-3-8-20(13)14/h4-6,9H,1-3,7-8,10H2,(H,17,21). The number of carbonyl (C=O) groups is 1. The van der Waals surface area contributed by atoms with Crippen LogP contribution in [0, 0.1) is 0 Å². The predicted molar refractivity (Wildman–Crippen MR) is 82.9 cm³/mol. The number of benzene rings is 1. The molecule has 1 aliphatic rings. The SMILES string of the molecule is O=C(NCc1nnc2n1CCCCC2)c1cccc(Br)c1. The monoisotopic (exact) mass is 348 g/mol. The van der Waals surface area contributed by atoms with Gasteiger partial charge in [0.25, 0.3) is 5.91 Å². The highest BCUT2D eigenvalue weighted by Gasteiger charge is 2.15. The van der Waals surface area contributed by atoms with E-state index in [9.17, 15) is 4.79 Å². The molecule has 6 heteroatoms. The molecule has 1 aromatic carbocycles. The molecule has 0 unspecified atom stereocenters. The summed E-state index contributed by atoms with van der Waals surface area (Å²) in [5.74, 6) is 1.79. The van der Waals surface area contributed by atoms with E-state index in [4.69, 9.17) is 0 Å². The highest BCUT2D eigenvalue weighted by Crippen LogP contribution is 2.15. The Morgan fingerprint density at radius 2 is 2.19 bits per heavy atom. The van der Waals surface area contributed by atoms with Crippen LogP contribution in [-0.4, -0.2) is 20.7 Å². The van der Waals surface area contributed by atoms with E-state index < -0.39 is 0 Å². The maximum absolute atomic E-state index is 12.1. The van der Waals surface area contributed by atoms with Crippen LogP contribution in [0.2, 0.25) is 0 Å². The van der Waals surface area contributed by atoms with E-state index >= 15 is 0 Å². The van der Waals surface area contributed by atoms with E-state index in [1.807, 2.05) is 12.1 Å². The van der Waals surface area contributed by atoms with E-state index in [1.54, 1.807) is 12.1 Å². The summed E-state index contributed by atoms with van der Waals surface area (Å²) in [5, 5.41) is 11.4. The molecule has 0 aliphatic carbocycles. The number of rotatable bonds is 3. The van der Waals surface area contributed by atoms with Gasteiger partial charge in [-0.2, -0.15) is 0 Å². The average molecular weight is 349 g/mol. The second-order valence-electron chi connectivity index (χ2n) is 5.19. The molecule has 1 amide bonds. The average Bonchev–Trinajstić information content (AvgIpc) is 2.72. The zero-order chi connectivity index (χ0) is 14.7. The molecule has 1 aromatic heterocycles. The van der Waals surface area contributed by atoms with Gasteiger partial charge in [-0.3, -0.25) is 4.79 Å². The number of nitrogens with one attached hydrogen (secondary N) is 1. The third kappa shape index (κ3) is 3.32. The van der Waals surface area contributed by atoms with Gasteiger partial charge in [0.05, 0.1) is 6.54 Å². The van der Waals surface area contributed by atoms with Gasteiger partial charge in [0.2, 0.25) is 0 Å². The van der Waals surface area contributed by atoms with Crippen molar-refractivity contribution in [3.63, 3.8) is 0 Å². The number of aryl methyl sites for hydroxylation is 1. The topological polar surface area (TPSA) is 59.8 Å². The molecule has 0 bridgehead atoms. The first-order chi connectivity index (χ1) is 10.2. The highest BCUT2D eigenvalue weighted by atomic mass is 79.9. The van der Waals surface area contributed by atoms with Crippen LogP contribution in [0.4, 0.5) is 0 Å². The number of carbonyl (C=O) groups excluding carboxylic acids is 1. The second kappa shape index (κ2) is 6.39. The minimum absolute atomic E-state index is 0.0951. The lowest BCUT2D eigenvalue weighted by Crippen LogP contribution is -2.25. The summed E-state index contributed by atoms with van der Waals surface area (Å²) in [4.78, 5) is 12.1. The quantitative estimate of drug-likeness (QED) is 0.927. The van der Waals surface area contributed by atoms with Crippen molar-refractivity contribution in [3.8, 4) is 0 Å². The summed E-state index contributed by atoms with van der Waals surface area (Å²) < 4.78 is 3.04. The molecule has 0 atom stereocenters. The normalized spacial score (nSPS) is 14.3. The van der Waals surface area contributed by atoms with Crippen molar-refractivity contribution in [3.05, 3.63) is 46.0 Å². The van der Waals surface area contributed by atoms with Gasteiger partial charge in [0, 0.05) is 23.0 Å². The highest BCUT2D eigenvalue weighted by molar-refractivity contribution is 9.10. The molecule has 21 heavy (non-hydrogen) atoms. The first-order valence-electron chi connectivity index (χ1n) is 7.19. The predicted octanol–water partition coefficient (Wildman–Crippen LogP) is 2.70. The Labute approximate surface area is 131 Å². The maximum atomic E-state index is 12.1. The Balaban J connectivity index is 1.68. The third-order valence-corrected chi connectivity index (χ3v) is 4.17. The van der Waals surface area contributed by atoms with Crippen LogP contribution in [0.15, 0.2) is 28.7 Å². The first-order valence-corrected chi connectivity index (χ1v) is 7.98. The zero-order valence-electron chi connectivity index (χ0n) is 11.7. The molecule has 0 radical (unpaired) electrons. The Hall–Kier alpha value is -1.69. The van der Waals surface area contributed by atoms with Gasteiger partial charge >= 0.3 is 0 Å². The van der Waals surface area contributed by atoms with Crippen LogP contribution in [0.1, 0.15) is 41.3 Å². The molecule has 5 nitrogen and oxygen atoms in total. The van der Waals surface area contributed by atoms with Gasteiger partial charge in [-0.1, -0.05) is 28.4 Å². The van der Waals surface area contributed by atoms with Crippen molar-refractivity contribution in [2.24, 2.45) is 0 Å². The molecule has 2 aromatic rings. The number of halogens is 1. The lowest BCUT2D eigenvalue weighted by molar-refractivity contribution is 0.0949. The van der Waals surface area contributed by atoms with Crippen molar-refractivity contribution < 1.29 is 4.79 Å². The third-order valence-electron chi connectivity index (χ3n) is 3.68. The van der Waals surface area contributed by atoms with Crippen molar-refractivity contribution >= 4 is 21.8 Å². The van der Waals surface area contributed by atoms with Crippen LogP contribution < -0.4 is 5.32 Å². The molecule has 1 N–H and O–H groups in total. The van der Waals surface area contributed by atoms with Crippen LogP contribution >= 0.6 is 15.9 Å². The fourth-order valence-electron chi connectivity index (χ4n) is 2.57. The largest absolute Gasteiger partial charge is 0.345 e. The summed E-state index contributed by atoms with van der Waals surface area (Å²) in [6.45, 7) is 1.36. The number of nitrogens with zero attached hydrogens (tertiary/aromatic N) is 3. The Morgan fingerprint density at radius 3 is 3.05 bits per heavy atom. The summed E-state index contributed by atoms with van der Waals surface area (Å²) in [6.07, 6.45) is 4.53. The van der Waals surface area contributed by atoms with Crippen LogP contribution in [0.25, 0.3) is 0 Å². The Bertz CT molecular complexity index is 653. The zero-order valence-corrected chi connectivity index (χ0v) is 13.3. The van der Waals surface area contributed by atoms with E-state index in [0.717, 1.165) is 35.5 Å². The maximum Gasteiger partial charge on any atom is 0.251 e. The van der Waals surface area contributed by atoms with Crippen molar-refractivity contribution in [2.75, 3.05) is 0 Å². The van der Waals surface area contributed by atoms with Gasteiger partial charge < -0.3 is 9.88 Å². The second-order valence-corrected chi connectivity index (χ2v) is 6.10. The minimum atomic E-state index is -0.0951. The van der Waals surface area contributed by atoms with Gasteiger partial charge in [-0.15, -0.1) is 10.2 Å². The van der Waals surface area contributed by atoms with Crippen molar-refractivity contribution in [1.29, 1.82) is 0 Å².